The quantitative estimate of drug-likeness (QED) is 0.380. The second-order valence-corrected chi connectivity index (χ2v) is 2.76. The van der Waals surface area contributed by atoms with Crippen LogP contribution in [0.3, 0.4) is 0 Å². The number of rotatable bonds is 2. The Morgan fingerprint density at radius 2 is 2.36 bits per heavy atom. The summed E-state index contributed by atoms with van der Waals surface area (Å²) in [5, 5.41) is 9.04. The van der Waals surface area contributed by atoms with Gasteiger partial charge in [-0.15, -0.1) is 16.4 Å². The summed E-state index contributed by atoms with van der Waals surface area (Å²) in [5.74, 6) is -0.0298. The predicted molar refractivity (Wildman–Crippen MR) is 47.7 cm³/mol. The van der Waals surface area contributed by atoms with Crippen molar-refractivity contribution in [2.45, 2.75) is 0 Å². The van der Waals surface area contributed by atoms with Crippen molar-refractivity contribution in [1.29, 1.82) is 0 Å². The van der Waals surface area contributed by atoms with Gasteiger partial charge in [-0.2, -0.15) is 5.10 Å². The van der Waals surface area contributed by atoms with E-state index in [0.29, 0.717) is 0 Å². The summed E-state index contributed by atoms with van der Waals surface area (Å²) in [6.45, 7) is 0. The molecule has 1 aromatic rings. The van der Waals surface area contributed by atoms with Gasteiger partial charge in [-0.05, 0) is 11.4 Å². The summed E-state index contributed by atoms with van der Waals surface area (Å²) in [4.78, 5) is 1.02. The number of thiophene rings is 1. The molecule has 1 rings (SSSR count). The highest BCUT2D eigenvalue weighted by molar-refractivity contribution is 7.11. The average Bonchev–Trinajstić information content (AvgIpc) is 2.39. The minimum atomic E-state index is -0.0298. The van der Waals surface area contributed by atoms with Crippen molar-refractivity contribution in [2.24, 2.45) is 21.7 Å². The third kappa shape index (κ3) is 2.81. The van der Waals surface area contributed by atoms with E-state index >= 15 is 0 Å². The first-order valence-electron chi connectivity index (χ1n) is 2.94. The molecule has 11 heavy (non-hydrogen) atoms. The number of nitrogens with two attached hydrogens (primary N) is 2. The molecule has 0 amide bonds. The van der Waals surface area contributed by atoms with E-state index in [-0.39, 0.29) is 5.96 Å². The van der Waals surface area contributed by atoms with E-state index in [2.05, 4.69) is 10.2 Å². The smallest absolute Gasteiger partial charge is 0.211 e. The Morgan fingerprint density at radius 3 is 2.91 bits per heavy atom. The molecule has 0 spiro atoms. The van der Waals surface area contributed by atoms with Crippen LogP contribution in [0.5, 0.6) is 0 Å². The molecule has 5 heteroatoms. The van der Waals surface area contributed by atoms with E-state index < -0.39 is 0 Å². The van der Waals surface area contributed by atoms with Crippen molar-refractivity contribution >= 4 is 23.5 Å². The Morgan fingerprint density at radius 1 is 1.55 bits per heavy atom. The summed E-state index contributed by atoms with van der Waals surface area (Å²) in [7, 11) is 0. The zero-order valence-electron chi connectivity index (χ0n) is 5.77. The summed E-state index contributed by atoms with van der Waals surface area (Å²) in [6, 6.07) is 3.86. The lowest BCUT2D eigenvalue weighted by Gasteiger charge is -1.82. The second-order valence-electron chi connectivity index (χ2n) is 1.78. The highest BCUT2D eigenvalue weighted by Crippen LogP contribution is 2.04. The second kappa shape index (κ2) is 3.72. The predicted octanol–water partition coefficient (Wildman–Crippen LogP) is 0.355. The first-order valence-corrected chi connectivity index (χ1v) is 3.82. The van der Waals surface area contributed by atoms with Gasteiger partial charge in [-0.3, -0.25) is 0 Å². The van der Waals surface area contributed by atoms with E-state index in [1.165, 1.54) is 0 Å². The van der Waals surface area contributed by atoms with Crippen molar-refractivity contribution in [1.82, 2.24) is 0 Å². The van der Waals surface area contributed by atoms with Crippen LogP contribution in [0.1, 0.15) is 4.88 Å². The maximum absolute atomic E-state index is 5.05. The molecular formula is C6H8N4S. The highest BCUT2D eigenvalue weighted by atomic mass is 32.1. The number of hydrogen-bond acceptors (Lipinski definition) is 3. The minimum absolute atomic E-state index is 0.0298. The molecule has 0 fully saturated rings. The van der Waals surface area contributed by atoms with Gasteiger partial charge in [-0.1, -0.05) is 6.07 Å². The average molecular weight is 168 g/mol. The van der Waals surface area contributed by atoms with Gasteiger partial charge in [0.15, 0.2) is 0 Å². The van der Waals surface area contributed by atoms with Gasteiger partial charge in [0.1, 0.15) is 0 Å². The van der Waals surface area contributed by atoms with Gasteiger partial charge in [0.2, 0.25) is 5.96 Å². The van der Waals surface area contributed by atoms with E-state index in [1.807, 2.05) is 17.5 Å². The SMILES string of the molecule is NC(N)=N/N=C/c1cccs1. The van der Waals surface area contributed by atoms with Crippen molar-refractivity contribution < 1.29 is 0 Å². The maximum Gasteiger partial charge on any atom is 0.211 e. The lowest BCUT2D eigenvalue weighted by atomic mass is 10.5. The van der Waals surface area contributed by atoms with Crippen molar-refractivity contribution in [3.8, 4) is 0 Å². The lowest BCUT2D eigenvalue weighted by molar-refractivity contribution is 1.22. The molecule has 0 unspecified atom stereocenters. The molecule has 0 radical (unpaired) electrons. The monoisotopic (exact) mass is 168 g/mol. The van der Waals surface area contributed by atoms with E-state index in [4.69, 9.17) is 11.5 Å². The number of nitrogens with zero attached hydrogens (tertiary/aromatic N) is 2. The molecule has 0 saturated heterocycles. The van der Waals surface area contributed by atoms with Crippen LogP contribution < -0.4 is 11.5 Å². The van der Waals surface area contributed by atoms with Gasteiger partial charge in [0.05, 0.1) is 6.21 Å². The topological polar surface area (TPSA) is 76.8 Å². The van der Waals surface area contributed by atoms with Crippen LogP contribution in [-0.4, -0.2) is 12.2 Å². The molecule has 0 saturated carbocycles. The molecule has 0 aromatic carbocycles. The van der Waals surface area contributed by atoms with Gasteiger partial charge in [-0.25, -0.2) is 0 Å². The zero-order chi connectivity index (χ0) is 8.10. The Labute approximate surface area is 68.2 Å². The fraction of sp³-hybridized carbons (Fsp3) is 0. The summed E-state index contributed by atoms with van der Waals surface area (Å²) >= 11 is 1.57. The van der Waals surface area contributed by atoms with Crippen LogP contribution in [-0.2, 0) is 0 Å². The van der Waals surface area contributed by atoms with E-state index in [9.17, 15) is 0 Å². The summed E-state index contributed by atoms with van der Waals surface area (Å²) < 4.78 is 0. The Hall–Kier alpha value is -1.36. The van der Waals surface area contributed by atoms with Crippen LogP contribution >= 0.6 is 11.3 Å². The van der Waals surface area contributed by atoms with Crippen LogP contribution in [0.2, 0.25) is 0 Å². The standard InChI is InChI=1S/C6H8N4S/c7-6(8)10-9-4-5-2-1-3-11-5/h1-4H,(H4,7,8,10)/b9-4+. The van der Waals surface area contributed by atoms with Crippen LogP contribution in [0, 0.1) is 0 Å². The molecular weight excluding hydrogens is 160 g/mol. The molecule has 0 bridgehead atoms. The molecule has 0 aliphatic rings. The van der Waals surface area contributed by atoms with Crippen molar-refractivity contribution in [2.75, 3.05) is 0 Å². The van der Waals surface area contributed by atoms with Gasteiger partial charge in [0, 0.05) is 4.88 Å². The van der Waals surface area contributed by atoms with Gasteiger partial charge < -0.3 is 11.5 Å². The van der Waals surface area contributed by atoms with Gasteiger partial charge in [0.25, 0.3) is 0 Å². The fourth-order valence-electron chi connectivity index (χ4n) is 0.517. The molecule has 0 aliphatic heterocycles. The summed E-state index contributed by atoms with van der Waals surface area (Å²) in [5.41, 5.74) is 10.1. The number of guanidine groups is 1. The lowest BCUT2D eigenvalue weighted by Crippen LogP contribution is -2.21. The molecule has 58 valence electrons. The van der Waals surface area contributed by atoms with Crippen molar-refractivity contribution in [3.05, 3.63) is 22.4 Å². The molecule has 1 heterocycles. The Kier molecular flexibility index (Phi) is 2.62. The molecule has 4 N–H and O–H groups in total. The van der Waals surface area contributed by atoms with E-state index in [1.54, 1.807) is 17.6 Å². The van der Waals surface area contributed by atoms with Crippen LogP contribution in [0.4, 0.5) is 0 Å². The summed E-state index contributed by atoms with van der Waals surface area (Å²) in [6.07, 6.45) is 1.60. The normalized spacial score (nSPS) is 10.2. The third-order valence-electron chi connectivity index (χ3n) is 0.901. The third-order valence-corrected chi connectivity index (χ3v) is 1.71. The van der Waals surface area contributed by atoms with E-state index in [0.717, 1.165) is 4.88 Å². The Balaban J connectivity index is 2.56. The number of hydrogen-bond donors (Lipinski definition) is 2. The van der Waals surface area contributed by atoms with Gasteiger partial charge >= 0.3 is 0 Å². The van der Waals surface area contributed by atoms with Crippen LogP contribution in [0.25, 0.3) is 0 Å². The molecule has 4 nitrogen and oxygen atoms in total. The molecule has 0 atom stereocenters. The largest absolute Gasteiger partial charge is 0.369 e. The fourth-order valence-corrected chi connectivity index (χ4v) is 1.10. The van der Waals surface area contributed by atoms with Crippen LogP contribution in [0.15, 0.2) is 27.7 Å². The highest BCUT2D eigenvalue weighted by Gasteiger charge is 1.84. The first-order chi connectivity index (χ1) is 5.29. The minimum Gasteiger partial charge on any atom is -0.369 e. The molecule has 1 aromatic heterocycles. The first kappa shape index (κ1) is 7.74. The molecule has 0 aliphatic carbocycles. The Bertz CT molecular complexity index is 258. The zero-order valence-corrected chi connectivity index (χ0v) is 6.58. The maximum atomic E-state index is 5.05. The van der Waals surface area contributed by atoms with Crippen molar-refractivity contribution in [3.63, 3.8) is 0 Å².